The highest BCUT2D eigenvalue weighted by atomic mass is 16.6. The zero-order valence-corrected chi connectivity index (χ0v) is 14.1. The summed E-state index contributed by atoms with van der Waals surface area (Å²) in [5.41, 5.74) is 0.241. The fourth-order valence-electron chi connectivity index (χ4n) is 2.38. The standard InChI is InChI=1S/C16H23N3O5/c1-11(2)8-12(16(21)22)9-17-15(20)10-18(3)13-6-4-5-7-14(13)19(23)24/h4-7,11-12H,8-10H2,1-3H3,(H,17,20)(H,21,22). The minimum absolute atomic E-state index is 0.0388. The molecule has 8 nitrogen and oxygen atoms in total. The molecule has 1 atom stereocenters. The van der Waals surface area contributed by atoms with Crippen LogP contribution in [0.4, 0.5) is 11.4 Å². The second-order valence-corrected chi connectivity index (χ2v) is 6.07. The summed E-state index contributed by atoms with van der Waals surface area (Å²) < 4.78 is 0. The van der Waals surface area contributed by atoms with Crippen molar-refractivity contribution in [2.75, 3.05) is 25.0 Å². The van der Waals surface area contributed by atoms with E-state index in [0.717, 1.165) is 0 Å². The molecule has 0 spiro atoms. The van der Waals surface area contributed by atoms with Crippen molar-refractivity contribution in [3.8, 4) is 0 Å². The van der Waals surface area contributed by atoms with Crippen molar-refractivity contribution in [2.45, 2.75) is 20.3 Å². The second-order valence-electron chi connectivity index (χ2n) is 6.07. The molecule has 0 aromatic heterocycles. The van der Waals surface area contributed by atoms with Crippen LogP contribution in [0.2, 0.25) is 0 Å². The first-order chi connectivity index (χ1) is 11.2. The van der Waals surface area contributed by atoms with Crippen LogP contribution in [-0.2, 0) is 9.59 Å². The number of benzene rings is 1. The minimum Gasteiger partial charge on any atom is -0.481 e. The maximum absolute atomic E-state index is 12.0. The number of nitrogens with zero attached hydrogens (tertiary/aromatic N) is 2. The van der Waals surface area contributed by atoms with Crippen molar-refractivity contribution in [3.63, 3.8) is 0 Å². The zero-order chi connectivity index (χ0) is 18.3. The molecule has 0 saturated carbocycles. The number of nitro benzene ring substituents is 1. The lowest BCUT2D eigenvalue weighted by Crippen LogP contribution is -2.39. The molecule has 24 heavy (non-hydrogen) atoms. The number of rotatable bonds is 9. The first-order valence-corrected chi connectivity index (χ1v) is 7.66. The molecule has 8 heteroatoms. The van der Waals surface area contributed by atoms with Crippen molar-refractivity contribution < 1.29 is 19.6 Å². The van der Waals surface area contributed by atoms with Crippen molar-refractivity contribution in [1.82, 2.24) is 5.32 Å². The number of anilines is 1. The first-order valence-electron chi connectivity index (χ1n) is 7.66. The number of carboxylic acids is 1. The van der Waals surface area contributed by atoms with Crippen LogP contribution in [0.3, 0.4) is 0 Å². The molecule has 0 bridgehead atoms. The number of amides is 1. The van der Waals surface area contributed by atoms with E-state index in [9.17, 15) is 19.7 Å². The fraction of sp³-hybridized carbons (Fsp3) is 0.500. The highest BCUT2D eigenvalue weighted by molar-refractivity contribution is 5.83. The third kappa shape index (κ3) is 5.86. The van der Waals surface area contributed by atoms with Gasteiger partial charge in [0.1, 0.15) is 5.69 Å². The molecule has 0 saturated heterocycles. The molecule has 0 aliphatic carbocycles. The Labute approximate surface area is 140 Å². The Kier molecular flexibility index (Phi) is 7.16. The van der Waals surface area contributed by atoms with Crippen LogP contribution >= 0.6 is 0 Å². The van der Waals surface area contributed by atoms with Crippen molar-refractivity contribution >= 4 is 23.3 Å². The minimum atomic E-state index is -0.948. The number of carboxylic acid groups (broad SMARTS) is 1. The predicted molar refractivity (Wildman–Crippen MR) is 90.0 cm³/mol. The van der Waals surface area contributed by atoms with Crippen molar-refractivity contribution in [2.24, 2.45) is 11.8 Å². The number of nitro groups is 1. The summed E-state index contributed by atoms with van der Waals surface area (Å²) in [6, 6.07) is 6.13. The lowest BCUT2D eigenvalue weighted by atomic mass is 9.97. The van der Waals surface area contributed by atoms with Gasteiger partial charge in [0.15, 0.2) is 0 Å². The largest absolute Gasteiger partial charge is 0.481 e. The predicted octanol–water partition coefficient (Wildman–Crippen LogP) is 1.89. The SMILES string of the molecule is CC(C)CC(CNC(=O)CN(C)c1ccccc1[N+](=O)[O-])C(=O)O. The molecule has 0 fully saturated rings. The summed E-state index contributed by atoms with van der Waals surface area (Å²) >= 11 is 0. The highest BCUT2D eigenvalue weighted by Gasteiger charge is 2.21. The number of likely N-dealkylation sites (N-methyl/N-ethyl adjacent to an activating group) is 1. The van der Waals surface area contributed by atoms with Crippen LogP contribution < -0.4 is 10.2 Å². The van der Waals surface area contributed by atoms with E-state index in [1.165, 1.54) is 11.0 Å². The molecule has 1 rings (SSSR count). The van der Waals surface area contributed by atoms with Gasteiger partial charge in [-0.2, -0.15) is 0 Å². The number of hydrogen-bond donors (Lipinski definition) is 2. The fourth-order valence-corrected chi connectivity index (χ4v) is 2.38. The molecule has 2 N–H and O–H groups in total. The number of aliphatic carboxylic acids is 1. The summed E-state index contributed by atoms with van der Waals surface area (Å²) in [6.07, 6.45) is 0.468. The summed E-state index contributed by atoms with van der Waals surface area (Å²) in [5, 5.41) is 22.8. The Morgan fingerprint density at radius 2 is 1.96 bits per heavy atom. The molecule has 1 amide bonds. The first kappa shape index (κ1) is 19.4. The number of hydrogen-bond acceptors (Lipinski definition) is 5. The van der Waals surface area contributed by atoms with Crippen LogP contribution in [0.15, 0.2) is 24.3 Å². The summed E-state index contributed by atoms with van der Waals surface area (Å²) in [6.45, 7) is 3.77. The van der Waals surface area contributed by atoms with Gasteiger partial charge < -0.3 is 15.3 Å². The molecule has 0 aliphatic rings. The number of nitrogens with one attached hydrogen (secondary N) is 1. The molecule has 1 aromatic carbocycles. The van der Waals surface area contributed by atoms with Crippen LogP contribution in [0, 0.1) is 22.0 Å². The van der Waals surface area contributed by atoms with Crippen LogP contribution in [-0.4, -0.2) is 42.0 Å². The van der Waals surface area contributed by atoms with Crippen LogP contribution in [0.5, 0.6) is 0 Å². The van der Waals surface area contributed by atoms with Gasteiger partial charge in [-0.3, -0.25) is 19.7 Å². The van der Waals surface area contributed by atoms with Crippen molar-refractivity contribution in [1.29, 1.82) is 0 Å². The maximum Gasteiger partial charge on any atom is 0.308 e. The summed E-state index contributed by atoms with van der Waals surface area (Å²) in [5.74, 6) is -1.77. The Morgan fingerprint density at radius 3 is 2.50 bits per heavy atom. The lowest BCUT2D eigenvalue weighted by Gasteiger charge is -2.20. The van der Waals surface area contributed by atoms with Gasteiger partial charge in [0.2, 0.25) is 5.91 Å². The third-order valence-corrected chi connectivity index (χ3v) is 3.52. The zero-order valence-electron chi connectivity index (χ0n) is 14.1. The van der Waals surface area contributed by atoms with Crippen LogP contribution in [0.25, 0.3) is 0 Å². The number of carbonyl (C=O) groups is 2. The normalized spacial score (nSPS) is 11.8. The molecule has 132 valence electrons. The third-order valence-electron chi connectivity index (χ3n) is 3.52. The number of para-hydroxylation sites is 2. The average Bonchev–Trinajstić information content (AvgIpc) is 2.50. The smallest absolute Gasteiger partial charge is 0.308 e. The monoisotopic (exact) mass is 337 g/mol. The van der Waals surface area contributed by atoms with Gasteiger partial charge in [-0.1, -0.05) is 26.0 Å². The average molecular weight is 337 g/mol. The van der Waals surface area contributed by atoms with E-state index in [1.54, 1.807) is 25.2 Å². The van der Waals surface area contributed by atoms with Gasteiger partial charge in [-0.05, 0) is 18.4 Å². The van der Waals surface area contributed by atoms with Gasteiger partial charge in [-0.15, -0.1) is 0 Å². The van der Waals surface area contributed by atoms with Gasteiger partial charge >= 0.3 is 5.97 Å². The van der Waals surface area contributed by atoms with E-state index < -0.39 is 16.8 Å². The second kappa shape index (κ2) is 8.85. The Bertz CT molecular complexity index is 603. The quantitative estimate of drug-likeness (QED) is 0.525. The Hall–Kier alpha value is -2.64. The number of carbonyl (C=O) groups excluding carboxylic acids is 1. The van der Waals surface area contributed by atoms with E-state index in [1.807, 2.05) is 13.8 Å². The molecule has 0 aliphatic heterocycles. The summed E-state index contributed by atoms with van der Waals surface area (Å²) in [4.78, 5) is 35.2. The van der Waals surface area contributed by atoms with E-state index in [0.29, 0.717) is 12.1 Å². The van der Waals surface area contributed by atoms with E-state index in [4.69, 9.17) is 5.11 Å². The van der Waals surface area contributed by atoms with E-state index in [2.05, 4.69) is 5.32 Å². The van der Waals surface area contributed by atoms with Gasteiger partial charge in [0, 0.05) is 19.7 Å². The molecule has 1 aromatic rings. The van der Waals surface area contributed by atoms with Gasteiger partial charge in [0.25, 0.3) is 5.69 Å². The highest BCUT2D eigenvalue weighted by Crippen LogP contribution is 2.26. The van der Waals surface area contributed by atoms with E-state index in [-0.39, 0.29) is 30.6 Å². The topological polar surface area (TPSA) is 113 Å². The lowest BCUT2D eigenvalue weighted by molar-refractivity contribution is -0.384. The Balaban J connectivity index is 2.65. The Morgan fingerprint density at radius 1 is 1.33 bits per heavy atom. The molecular weight excluding hydrogens is 314 g/mol. The van der Waals surface area contributed by atoms with E-state index >= 15 is 0 Å². The maximum atomic E-state index is 12.0. The van der Waals surface area contributed by atoms with Crippen LogP contribution in [0.1, 0.15) is 20.3 Å². The molecule has 1 unspecified atom stereocenters. The van der Waals surface area contributed by atoms with Gasteiger partial charge in [0.05, 0.1) is 17.4 Å². The molecular formula is C16H23N3O5. The van der Waals surface area contributed by atoms with Crippen molar-refractivity contribution in [3.05, 3.63) is 34.4 Å². The summed E-state index contributed by atoms with van der Waals surface area (Å²) in [7, 11) is 1.57. The molecule has 0 heterocycles. The molecule has 0 radical (unpaired) electrons. The van der Waals surface area contributed by atoms with Gasteiger partial charge in [-0.25, -0.2) is 0 Å².